The van der Waals surface area contributed by atoms with Crippen LogP contribution >= 0.6 is 0 Å². The highest BCUT2D eigenvalue weighted by atomic mass is 16.5. The number of hydrogen-bond donors (Lipinski definition) is 0. The van der Waals surface area contributed by atoms with Gasteiger partial charge in [0.2, 0.25) is 0 Å². The molecule has 2 aromatic rings. The monoisotopic (exact) mass is 329 g/mol. The zero-order valence-electron chi connectivity index (χ0n) is 14.1. The lowest BCUT2D eigenvalue weighted by Crippen LogP contribution is -2.14. The van der Waals surface area contributed by atoms with Crippen LogP contribution in [0.2, 0.25) is 0 Å². The van der Waals surface area contributed by atoms with Crippen LogP contribution in [-0.4, -0.2) is 37.1 Å². The Morgan fingerprint density at radius 3 is 2.58 bits per heavy atom. The minimum absolute atomic E-state index is 0.148. The van der Waals surface area contributed by atoms with Gasteiger partial charge in [0, 0.05) is 11.6 Å². The number of methoxy groups -OCH3 is 3. The van der Waals surface area contributed by atoms with Gasteiger partial charge in [-0.05, 0) is 18.6 Å². The zero-order chi connectivity index (χ0) is 17.7. The van der Waals surface area contributed by atoms with Gasteiger partial charge in [0.05, 0.1) is 33.6 Å². The van der Waals surface area contributed by atoms with Crippen LogP contribution in [0.4, 0.5) is 0 Å². The summed E-state index contributed by atoms with van der Waals surface area (Å²) in [5.74, 6) is 0.680. The van der Waals surface area contributed by atoms with Crippen molar-refractivity contribution in [3.63, 3.8) is 0 Å². The van der Waals surface area contributed by atoms with Crippen molar-refractivity contribution in [1.82, 2.24) is 9.78 Å². The second kappa shape index (κ2) is 7.51. The van der Waals surface area contributed by atoms with Gasteiger partial charge < -0.3 is 14.2 Å². The molecule has 0 saturated heterocycles. The normalized spacial score (nSPS) is 10.1. The maximum Gasteiger partial charge on any atom is 0.357 e. The number of nitriles is 1. The van der Waals surface area contributed by atoms with Crippen molar-refractivity contribution in [3.05, 3.63) is 40.7 Å². The van der Waals surface area contributed by atoms with Gasteiger partial charge in [0.1, 0.15) is 23.1 Å². The third-order valence-electron chi connectivity index (χ3n) is 3.66. The fourth-order valence-corrected chi connectivity index (χ4v) is 2.44. The zero-order valence-corrected chi connectivity index (χ0v) is 14.1. The van der Waals surface area contributed by atoms with E-state index in [1.807, 2.05) is 19.1 Å². The number of ether oxygens (including phenoxy) is 3. The van der Waals surface area contributed by atoms with Gasteiger partial charge in [-0.2, -0.15) is 10.4 Å². The van der Waals surface area contributed by atoms with Gasteiger partial charge in [-0.1, -0.05) is 6.92 Å². The van der Waals surface area contributed by atoms with Gasteiger partial charge in [-0.25, -0.2) is 4.79 Å². The number of nitrogens with zero attached hydrogens (tertiary/aromatic N) is 3. The summed E-state index contributed by atoms with van der Waals surface area (Å²) in [6.07, 6.45) is 0.541. The standard InChI is InChI=1S/C17H19N3O4/c1-5-14-13(9-18)16(17(21)24-4)20(19-14)10-11-6-7-12(22-2)8-15(11)23-3/h6-8H,5,10H2,1-4H3. The first-order valence-electron chi connectivity index (χ1n) is 7.38. The van der Waals surface area contributed by atoms with E-state index < -0.39 is 5.97 Å². The lowest BCUT2D eigenvalue weighted by atomic mass is 10.1. The van der Waals surface area contributed by atoms with Crippen molar-refractivity contribution in [2.24, 2.45) is 0 Å². The SMILES string of the molecule is CCc1nn(Cc2ccc(OC)cc2OC)c(C(=O)OC)c1C#N. The predicted molar refractivity (Wildman–Crippen MR) is 86.3 cm³/mol. The van der Waals surface area contributed by atoms with Crippen LogP contribution in [0.3, 0.4) is 0 Å². The number of benzene rings is 1. The van der Waals surface area contributed by atoms with Crippen molar-refractivity contribution < 1.29 is 19.0 Å². The van der Waals surface area contributed by atoms with Gasteiger partial charge >= 0.3 is 5.97 Å². The first-order valence-corrected chi connectivity index (χ1v) is 7.38. The number of aromatic nitrogens is 2. The average Bonchev–Trinajstić information content (AvgIpc) is 2.98. The summed E-state index contributed by atoms with van der Waals surface area (Å²) in [6, 6.07) is 7.43. The van der Waals surface area contributed by atoms with E-state index in [1.165, 1.54) is 11.8 Å². The van der Waals surface area contributed by atoms with Crippen LogP contribution in [0.25, 0.3) is 0 Å². The minimum atomic E-state index is -0.591. The summed E-state index contributed by atoms with van der Waals surface area (Å²) in [5, 5.41) is 13.8. The second-order valence-corrected chi connectivity index (χ2v) is 4.96. The van der Waals surface area contributed by atoms with Crippen LogP contribution in [0, 0.1) is 11.3 Å². The minimum Gasteiger partial charge on any atom is -0.497 e. The van der Waals surface area contributed by atoms with Gasteiger partial charge in [-0.3, -0.25) is 4.68 Å². The molecule has 0 aliphatic heterocycles. The summed E-state index contributed by atoms with van der Waals surface area (Å²) in [4.78, 5) is 12.1. The Balaban J connectivity index is 2.52. The quantitative estimate of drug-likeness (QED) is 0.755. The Bertz CT molecular complexity index is 790. The Hall–Kier alpha value is -3.01. The Kier molecular flexibility index (Phi) is 5.42. The third kappa shape index (κ3) is 3.18. The van der Waals surface area contributed by atoms with E-state index in [1.54, 1.807) is 26.4 Å². The number of rotatable bonds is 6. The molecule has 1 aromatic heterocycles. The maximum absolute atomic E-state index is 12.1. The predicted octanol–water partition coefficient (Wildman–Crippen LogP) is 2.17. The molecule has 0 aliphatic carbocycles. The molecule has 0 fully saturated rings. The van der Waals surface area contributed by atoms with Gasteiger partial charge in [0.15, 0.2) is 5.69 Å². The number of aryl methyl sites for hydroxylation is 1. The van der Waals surface area contributed by atoms with Crippen LogP contribution in [-0.2, 0) is 17.7 Å². The van der Waals surface area contributed by atoms with E-state index in [0.717, 1.165) is 5.56 Å². The molecule has 0 bridgehead atoms. The highest BCUT2D eigenvalue weighted by Gasteiger charge is 2.24. The fraction of sp³-hybridized carbons (Fsp3) is 0.353. The molecule has 1 heterocycles. The summed E-state index contributed by atoms with van der Waals surface area (Å²) in [7, 11) is 4.41. The van der Waals surface area contributed by atoms with Crippen LogP contribution in [0.1, 0.15) is 34.2 Å². The van der Waals surface area contributed by atoms with E-state index in [9.17, 15) is 10.1 Å². The molecular weight excluding hydrogens is 310 g/mol. The molecule has 7 heteroatoms. The molecule has 0 aliphatic rings. The number of hydrogen-bond acceptors (Lipinski definition) is 6. The molecule has 0 spiro atoms. The number of carbonyl (C=O) groups is 1. The first-order chi connectivity index (χ1) is 11.6. The topological polar surface area (TPSA) is 86.4 Å². The summed E-state index contributed by atoms with van der Waals surface area (Å²) in [5.41, 5.74) is 1.76. The third-order valence-corrected chi connectivity index (χ3v) is 3.66. The molecule has 7 nitrogen and oxygen atoms in total. The van der Waals surface area contributed by atoms with Crippen molar-refractivity contribution in [1.29, 1.82) is 5.26 Å². The number of carbonyl (C=O) groups excluding carboxylic acids is 1. The molecule has 24 heavy (non-hydrogen) atoms. The van der Waals surface area contributed by atoms with E-state index in [-0.39, 0.29) is 17.8 Å². The van der Waals surface area contributed by atoms with Crippen molar-refractivity contribution >= 4 is 5.97 Å². The highest BCUT2D eigenvalue weighted by Crippen LogP contribution is 2.26. The van der Waals surface area contributed by atoms with Gasteiger partial charge in [0.25, 0.3) is 0 Å². The molecule has 0 unspecified atom stereocenters. The molecule has 0 N–H and O–H groups in total. The van der Waals surface area contributed by atoms with Gasteiger partial charge in [-0.15, -0.1) is 0 Å². The van der Waals surface area contributed by atoms with E-state index in [4.69, 9.17) is 14.2 Å². The van der Waals surface area contributed by atoms with E-state index >= 15 is 0 Å². The Morgan fingerprint density at radius 1 is 1.29 bits per heavy atom. The van der Waals surface area contributed by atoms with Crippen LogP contribution in [0.5, 0.6) is 11.5 Å². The molecule has 0 amide bonds. The number of esters is 1. The molecule has 126 valence electrons. The van der Waals surface area contributed by atoms with Crippen LogP contribution in [0.15, 0.2) is 18.2 Å². The summed E-state index contributed by atoms with van der Waals surface area (Å²) in [6.45, 7) is 2.15. The second-order valence-electron chi connectivity index (χ2n) is 4.96. The van der Waals surface area contributed by atoms with Crippen molar-refractivity contribution in [2.75, 3.05) is 21.3 Å². The average molecular weight is 329 g/mol. The van der Waals surface area contributed by atoms with Crippen molar-refractivity contribution in [3.8, 4) is 17.6 Å². The Morgan fingerprint density at radius 2 is 2.04 bits per heavy atom. The molecular formula is C17H19N3O4. The Labute approximate surface area is 140 Å². The molecule has 2 rings (SSSR count). The first kappa shape index (κ1) is 17.3. The lowest BCUT2D eigenvalue weighted by molar-refractivity contribution is 0.0587. The van der Waals surface area contributed by atoms with E-state index in [0.29, 0.717) is 23.6 Å². The van der Waals surface area contributed by atoms with Crippen LogP contribution < -0.4 is 9.47 Å². The maximum atomic E-state index is 12.1. The lowest BCUT2D eigenvalue weighted by Gasteiger charge is -2.12. The molecule has 0 saturated carbocycles. The van der Waals surface area contributed by atoms with E-state index in [2.05, 4.69) is 5.10 Å². The highest BCUT2D eigenvalue weighted by molar-refractivity contribution is 5.90. The molecule has 0 atom stereocenters. The summed E-state index contributed by atoms with van der Waals surface area (Å²) >= 11 is 0. The smallest absolute Gasteiger partial charge is 0.357 e. The largest absolute Gasteiger partial charge is 0.497 e. The molecule has 0 radical (unpaired) electrons. The summed E-state index contributed by atoms with van der Waals surface area (Å²) < 4.78 is 16.8. The molecule has 1 aromatic carbocycles. The van der Waals surface area contributed by atoms with Crippen molar-refractivity contribution in [2.45, 2.75) is 19.9 Å². The fourth-order valence-electron chi connectivity index (χ4n) is 2.44.